The quantitative estimate of drug-likeness (QED) is 0.172. The first-order valence-electron chi connectivity index (χ1n) is 18.9. The molecule has 4 heteroatoms. The zero-order valence-electron chi connectivity index (χ0n) is 30.3. The Labute approximate surface area is 323 Å². The van der Waals surface area contributed by atoms with Crippen molar-refractivity contribution in [1.82, 2.24) is 14.5 Å². The second-order valence-electron chi connectivity index (χ2n) is 14.2. The van der Waals surface area contributed by atoms with E-state index in [1.165, 1.54) is 0 Å². The number of benzene rings is 8. The van der Waals surface area contributed by atoms with Crippen LogP contribution >= 0.6 is 0 Å². The van der Waals surface area contributed by atoms with Gasteiger partial charge in [0.25, 0.3) is 0 Å². The Kier molecular flexibility index (Phi) is 7.46. The Hall–Kier alpha value is -7.56. The lowest BCUT2D eigenvalue weighted by atomic mass is 9.96. The molecular weight excluding hydrogens is 683 g/mol. The molecule has 3 aromatic heterocycles. The van der Waals surface area contributed by atoms with Crippen LogP contribution in [0.2, 0.25) is 0 Å². The van der Waals surface area contributed by atoms with Gasteiger partial charge in [0.1, 0.15) is 16.7 Å². The third kappa shape index (κ3) is 5.31. The van der Waals surface area contributed by atoms with Crippen LogP contribution in [-0.4, -0.2) is 14.5 Å². The highest BCUT2D eigenvalue weighted by molar-refractivity contribution is 6.12. The number of rotatable bonds is 6. The Balaban J connectivity index is 0.989. The molecule has 11 rings (SSSR count). The van der Waals surface area contributed by atoms with E-state index in [2.05, 4.69) is 180 Å². The first-order chi connectivity index (χ1) is 27.8. The van der Waals surface area contributed by atoms with E-state index >= 15 is 0 Å². The molecule has 0 saturated carbocycles. The summed E-state index contributed by atoms with van der Waals surface area (Å²) in [6, 6.07) is 70.2. The van der Waals surface area contributed by atoms with Gasteiger partial charge in [-0.15, -0.1) is 0 Å². The average Bonchev–Trinajstić information content (AvgIpc) is 3.83. The summed E-state index contributed by atoms with van der Waals surface area (Å²) in [6.07, 6.45) is 0. The molecule has 0 aliphatic carbocycles. The SMILES string of the molecule is c1ccc(-c2nc(-c3cccc(-c4cccc(-c5ccc(-c6cccc7c6oc6ccccc67)cc5)c4)c3)nc3c4ccccc4n(-c4ccccc4)c23)cc1. The van der Waals surface area contributed by atoms with E-state index in [0.29, 0.717) is 5.82 Å². The molecule has 0 unspecified atom stereocenters. The van der Waals surface area contributed by atoms with E-state index in [4.69, 9.17) is 14.4 Å². The van der Waals surface area contributed by atoms with Gasteiger partial charge in [-0.25, -0.2) is 9.97 Å². The molecule has 0 spiro atoms. The highest BCUT2D eigenvalue weighted by Crippen LogP contribution is 2.39. The Morgan fingerprint density at radius 1 is 0.393 bits per heavy atom. The maximum atomic E-state index is 6.34. The van der Waals surface area contributed by atoms with Crippen molar-refractivity contribution < 1.29 is 4.42 Å². The molecule has 56 heavy (non-hydrogen) atoms. The molecule has 8 aromatic carbocycles. The summed E-state index contributed by atoms with van der Waals surface area (Å²) >= 11 is 0. The summed E-state index contributed by atoms with van der Waals surface area (Å²) in [4.78, 5) is 10.7. The maximum absolute atomic E-state index is 6.34. The van der Waals surface area contributed by atoms with E-state index in [1.807, 2.05) is 24.3 Å². The fourth-order valence-electron chi connectivity index (χ4n) is 8.15. The smallest absolute Gasteiger partial charge is 0.160 e. The molecule has 262 valence electrons. The number of aromatic nitrogens is 3. The van der Waals surface area contributed by atoms with Gasteiger partial charge in [0.15, 0.2) is 5.82 Å². The van der Waals surface area contributed by atoms with Crippen LogP contribution in [0, 0.1) is 0 Å². The summed E-state index contributed by atoms with van der Waals surface area (Å²) in [5, 5.41) is 3.37. The van der Waals surface area contributed by atoms with Crippen molar-refractivity contribution in [2.75, 3.05) is 0 Å². The molecule has 0 radical (unpaired) electrons. The van der Waals surface area contributed by atoms with Crippen LogP contribution in [0.15, 0.2) is 205 Å². The molecule has 0 fully saturated rings. The molecule has 11 aromatic rings. The van der Waals surface area contributed by atoms with Gasteiger partial charge in [0.2, 0.25) is 0 Å². The minimum absolute atomic E-state index is 0.695. The molecule has 0 aliphatic heterocycles. The molecule has 0 bridgehead atoms. The number of furan rings is 1. The Morgan fingerprint density at radius 3 is 1.75 bits per heavy atom. The van der Waals surface area contributed by atoms with Gasteiger partial charge in [-0.1, -0.05) is 164 Å². The van der Waals surface area contributed by atoms with Crippen LogP contribution in [0.5, 0.6) is 0 Å². The van der Waals surface area contributed by atoms with Crippen LogP contribution < -0.4 is 0 Å². The number of hydrogen-bond acceptors (Lipinski definition) is 3. The fourth-order valence-corrected chi connectivity index (χ4v) is 8.15. The second-order valence-corrected chi connectivity index (χ2v) is 14.2. The molecule has 0 saturated heterocycles. The minimum atomic E-state index is 0.695. The van der Waals surface area contributed by atoms with Crippen molar-refractivity contribution >= 4 is 43.9 Å². The summed E-state index contributed by atoms with van der Waals surface area (Å²) in [6.45, 7) is 0. The summed E-state index contributed by atoms with van der Waals surface area (Å²) in [7, 11) is 0. The Morgan fingerprint density at radius 2 is 0.964 bits per heavy atom. The van der Waals surface area contributed by atoms with Crippen LogP contribution in [-0.2, 0) is 0 Å². The second kappa shape index (κ2) is 13.1. The summed E-state index contributed by atoms with van der Waals surface area (Å²) in [5.41, 5.74) is 15.6. The lowest BCUT2D eigenvalue weighted by molar-refractivity contribution is 0.670. The molecule has 0 aliphatic rings. The summed E-state index contributed by atoms with van der Waals surface area (Å²) < 4.78 is 8.63. The predicted molar refractivity (Wildman–Crippen MR) is 231 cm³/mol. The standard InChI is InChI=1S/C52H33N3O/c1-3-14-36(15-4-1)48-50-49(45-23-7-9-26-46(45)55(50)41-20-5-2-6-21-41)54-52(53-48)40-19-12-18-39(33-40)38-17-11-16-37(32-38)34-28-30-35(31-29-34)42-24-13-25-44-43-22-8-10-27-47(43)56-51(42)44/h1-33H. The molecule has 0 N–H and O–H groups in total. The predicted octanol–water partition coefficient (Wildman–Crippen LogP) is 13.8. The van der Waals surface area contributed by atoms with E-state index in [1.54, 1.807) is 0 Å². The van der Waals surface area contributed by atoms with Gasteiger partial charge in [0, 0.05) is 38.5 Å². The van der Waals surface area contributed by atoms with E-state index in [0.717, 1.165) is 99.8 Å². The van der Waals surface area contributed by atoms with Gasteiger partial charge in [-0.05, 0) is 64.2 Å². The van der Waals surface area contributed by atoms with Gasteiger partial charge in [0.05, 0.1) is 16.7 Å². The van der Waals surface area contributed by atoms with E-state index < -0.39 is 0 Å². The monoisotopic (exact) mass is 715 g/mol. The first-order valence-corrected chi connectivity index (χ1v) is 18.9. The first kappa shape index (κ1) is 31.9. The number of para-hydroxylation sites is 4. The topological polar surface area (TPSA) is 43.9 Å². The third-order valence-corrected chi connectivity index (χ3v) is 10.8. The Bertz CT molecular complexity index is 3230. The van der Waals surface area contributed by atoms with Crippen molar-refractivity contribution in [3.8, 4) is 61.7 Å². The molecule has 0 amide bonds. The van der Waals surface area contributed by atoms with Gasteiger partial charge >= 0.3 is 0 Å². The summed E-state index contributed by atoms with van der Waals surface area (Å²) in [5.74, 6) is 0.695. The van der Waals surface area contributed by atoms with Crippen LogP contribution in [0.3, 0.4) is 0 Å². The zero-order valence-corrected chi connectivity index (χ0v) is 30.3. The van der Waals surface area contributed by atoms with Crippen molar-refractivity contribution in [3.05, 3.63) is 200 Å². The van der Waals surface area contributed by atoms with Crippen LogP contribution in [0.4, 0.5) is 0 Å². The van der Waals surface area contributed by atoms with Gasteiger partial charge in [-0.2, -0.15) is 0 Å². The van der Waals surface area contributed by atoms with Crippen molar-refractivity contribution in [3.63, 3.8) is 0 Å². The van der Waals surface area contributed by atoms with E-state index in [-0.39, 0.29) is 0 Å². The van der Waals surface area contributed by atoms with Gasteiger partial charge < -0.3 is 8.98 Å². The average molecular weight is 716 g/mol. The van der Waals surface area contributed by atoms with Crippen LogP contribution in [0.1, 0.15) is 0 Å². The lowest BCUT2D eigenvalue weighted by Crippen LogP contribution is -1.99. The third-order valence-electron chi connectivity index (χ3n) is 10.8. The number of hydrogen-bond donors (Lipinski definition) is 0. The highest BCUT2D eigenvalue weighted by Gasteiger charge is 2.21. The van der Waals surface area contributed by atoms with Crippen molar-refractivity contribution in [2.24, 2.45) is 0 Å². The normalized spacial score (nSPS) is 11.6. The number of nitrogens with zero attached hydrogens (tertiary/aromatic N) is 3. The minimum Gasteiger partial charge on any atom is -0.455 e. The van der Waals surface area contributed by atoms with E-state index in [9.17, 15) is 0 Å². The van der Waals surface area contributed by atoms with Crippen molar-refractivity contribution in [1.29, 1.82) is 0 Å². The fraction of sp³-hybridized carbons (Fsp3) is 0. The largest absolute Gasteiger partial charge is 0.455 e. The lowest BCUT2D eigenvalue weighted by Gasteiger charge is -2.13. The molecule has 3 heterocycles. The highest BCUT2D eigenvalue weighted by atomic mass is 16.3. The maximum Gasteiger partial charge on any atom is 0.160 e. The van der Waals surface area contributed by atoms with Crippen LogP contribution in [0.25, 0.3) is 106 Å². The van der Waals surface area contributed by atoms with Crippen molar-refractivity contribution in [2.45, 2.75) is 0 Å². The molecular formula is C52H33N3O. The molecule has 4 nitrogen and oxygen atoms in total. The van der Waals surface area contributed by atoms with Gasteiger partial charge in [-0.3, -0.25) is 0 Å². The molecule has 0 atom stereocenters. The number of fused-ring (bicyclic) bond motifs is 6. The zero-order chi connectivity index (χ0) is 37.0.